The molecule has 0 radical (unpaired) electrons. The van der Waals surface area contributed by atoms with Crippen LogP contribution in [0.15, 0.2) is 41.4 Å². The van der Waals surface area contributed by atoms with Gasteiger partial charge >= 0.3 is 12.0 Å². The second-order valence-electron chi connectivity index (χ2n) is 10.1. The molecule has 1 aliphatic heterocycles. The van der Waals surface area contributed by atoms with E-state index >= 15 is 0 Å². The molecule has 7 N–H and O–H groups in total. The number of hydrogen-bond acceptors (Lipinski definition) is 8. The number of unbranched alkanes of at least 4 members (excludes halogenated alkanes) is 1. The van der Waals surface area contributed by atoms with E-state index < -0.39 is 28.5 Å². The number of hydrogen-bond donors (Lipinski definition) is 6. The van der Waals surface area contributed by atoms with Gasteiger partial charge in [0.25, 0.3) is 0 Å². The molecule has 0 spiro atoms. The Bertz CT molecular complexity index is 1250. The van der Waals surface area contributed by atoms with E-state index in [0.29, 0.717) is 11.1 Å². The SMILES string of the molecule is CCCCNC(=O)N1CCCC1CNc1ccccn1.Cc1cc(C)c(S(N)(=O)=O)c(C)c1.O=C(O)CCNC(=O)CO. The lowest BCUT2D eigenvalue weighted by Crippen LogP contribution is -2.45. The number of urea groups is 1. The summed E-state index contributed by atoms with van der Waals surface area (Å²) in [6.07, 6.45) is 5.93. The fourth-order valence-corrected chi connectivity index (χ4v) is 5.47. The van der Waals surface area contributed by atoms with Gasteiger partial charge in [0.2, 0.25) is 15.9 Å². The Hall–Kier alpha value is -3.75. The number of aliphatic carboxylic acids is 1. The predicted octanol–water partition coefficient (Wildman–Crippen LogP) is 2.30. The standard InChI is InChI=1S/C15H24N4O.C9H13NO2S.C5H9NO4/c1-2-3-9-17-15(20)19-11-6-7-13(19)12-18-14-8-4-5-10-16-14;1-6-4-7(2)9(8(3)5-6)13(10,11)12;7-3-4(8)6-2-1-5(9)10/h4-5,8,10,13H,2-3,6-7,9,11-12H2,1H3,(H,16,18)(H,17,20);4-5H,1-3H3,(H2,10,11,12);7H,1-3H2,(H,6,8)(H,9,10). The van der Waals surface area contributed by atoms with Gasteiger partial charge in [0.05, 0.1) is 17.4 Å². The first-order valence-corrected chi connectivity index (χ1v) is 15.7. The number of pyridine rings is 1. The van der Waals surface area contributed by atoms with Gasteiger partial charge in [-0.3, -0.25) is 9.59 Å². The van der Waals surface area contributed by atoms with Crippen molar-refractivity contribution < 1.29 is 33.0 Å². The molecule has 1 aliphatic rings. The Morgan fingerprint density at radius 3 is 2.30 bits per heavy atom. The second kappa shape index (κ2) is 19.4. The molecule has 1 atom stereocenters. The normalized spacial score (nSPS) is 14.0. The van der Waals surface area contributed by atoms with Crippen molar-refractivity contribution in [1.29, 1.82) is 0 Å². The van der Waals surface area contributed by atoms with E-state index in [1.54, 1.807) is 20.0 Å². The minimum absolute atomic E-state index is 0.0642. The molecule has 1 saturated heterocycles. The number of likely N-dealkylation sites (tertiary alicyclic amines) is 1. The highest BCUT2D eigenvalue weighted by Gasteiger charge is 2.28. The number of carbonyl (C=O) groups is 3. The summed E-state index contributed by atoms with van der Waals surface area (Å²) in [7, 11) is -3.58. The number of anilines is 1. The number of aromatic nitrogens is 1. The molecule has 240 valence electrons. The molecule has 3 amide bonds. The Kier molecular flexibility index (Phi) is 16.9. The molecular weight excluding hydrogens is 576 g/mol. The Labute approximate surface area is 254 Å². The summed E-state index contributed by atoms with van der Waals surface area (Å²) >= 11 is 0. The number of primary sulfonamides is 1. The van der Waals surface area contributed by atoms with Crippen molar-refractivity contribution in [3.8, 4) is 0 Å². The van der Waals surface area contributed by atoms with Crippen molar-refractivity contribution in [2.24, 2.45) is 5.14 Å². The number of nitrogens with two attached hydrogens (primary N) is 1. The number of carbonyl (C=O) groups excluding carboxylic acids is 2. The van der Waals surface area contributed by atoms with Crippen LogP contribution in [0, 0.1) is 20.8 Å². The zero-order valence-corrected chi connectivity index (χ0v) is 26.2. The van der Waals surface area contributed by atoms with E-state index in [-0.39, 0.29) is 29.9 Å². The first kappa shape index (κ1) is 37.3. The van der Waals surface area contributed by atoms with Crippen LogP contribution in [-0.2, 0) is 19.6 Å². The van der Waals surface area contributed by atoms with E-state index in [9.17, 15) is 22.8 Å². The van der Waals surface area contributed by atoms with Crippen molar-refractivity contribution >= 4 is 33.7 Å². The van der Waals surface area contributed by atoms with E-state index in [0.717, 1.165) is 56.7 Å². The van der Waals surface area contributed by atoms with Crippen LogP contribution in [0.3, 0.4) is 0 Å². The van der Waals surface area contributed by atoms with Gasteiger partial charge in [-0.1, -0.05) is 37.1 Å². The number of benzene rings is 1. The Morgan fingerprint density at radius 1 is 1.09 bits per heavy atom. The van der Waals surface area contributed by atoms with Crippen LogP contribution in [0.2, 0.25) is 0 Å². The van der Waals surface area contributed by atoms with Gasteiger partial charge in [0, 0.05) is 32.4 Å². The van der Waals surface area contributed by atoms with Crippen molar-refractivity contribution in [3.05, 3.63) is 53.2 Å². The highest BCUT2D eigenvalue weighted by Crippen LogP contribution is 2.20. The van der Waals surface area contributed by atoms with Gasteiger partial charge in [-0.05, 0) is 63.3 Å². The Morgan fingerprint density at radius 2 is 1.77 bits per heavy atom. The lowest BCUT2D eigenvalue weighted by molar-refractivity contribution is -0.137. The minimum atomic E-state index is -3.58. The number of rotatable bonds is 11. The van der Waals surface area contributed by atoms with Crippen LogP contribution in [0.4, 0.5) is 10.6 Å². The summed E-state index contributed by atoms with van der Waals surface area (Å²) in [5.74, 6) is -0.662. The molecule has 1 aromatic heterocycles. The summed E-state index contributed by atoms with van der Waals surface area (Å²) in [6.45, 7) is 9.40. The monoisotopic (exact) mass is 622 g/mol. The highest BCUT2D eigenvalue weighted by molar-refractivity contribution is 7.89. The van der Waals surface area contributed by atoms with Crippen LogP contribution < -0.4 is 21.1 Å². The number of aliphatic hydroxyl groups excluding tert-OH is 1. The molecule has 0 bridgehead atoms. The zero-order chi connectivity index (χ0) is 32.4. The number of carboxylic acid groups (broad SMARTS) is 1. The maximum atomic E-state index is 12.1. The first-order valence-electron chi connectivity index (χ1n) is 14.2. The first-order chi connectivity index (χ1) is 20.3. The van der Waals surface area contributed by atoms with Gasteiger partial charge in [0.1, 0.15) is 12.4 Å². The van der Waals surface area contributed by atoms with E-state index in [1.165, 1.54) is 0 Å². The van der Waals surface area contributed by atoms with Crippen LogP contribution >= 0.6 is 0 Å². The van der Waals surface area contributed by atoms with Gasteiger partial charge in [-0.25, -0.2) is 23.3 Å². The van der Waals surface area contributed by atoms with Gasteiger partial charge < -0.3 is 31.1 Å². The maximum absolute atomic E-state index is 12.1. The van der Waals surface area contributed by atoms with Crippen molar-refractivity contribution in [1.82, 2.24) is 20.5 Å². The molecule has 2 aromatic rings. The molecule has 1 unspecified atom stereocenters. The predicted molar refractivity (Wildman–Crippen MR) is 165 cm³/mol. The van der Waals surface area contributed by atoms with Crippen molar-refractivity contribution in [2.45, 2.75) is 70.7 Å². The summed E-state index contributed by atoms with van der Waals surface area (Å²) < 4.78 is 22.3. The van der Waals surface area contributed by atoms with E-state index in [2.05, 4.69) is 27.9 Å². The topological polar surface area (TPSA) is 204 Å². The van der Waals surface area contributed by atoms with Crippen LogP contribution in [-0.4, -0.2) is 85.3 Å². The van der Waals surface area contributed by atoms with E-state index in [1.807, 2.05) is 42.2 Å². The smallest absolute Gasteiger partial charge is 0.317 e. The average molecular weight is 623 g/mol. The minimum Gasteiger partial charge on any atom is -0.481 e. The zero-order valence-electron chi connectivity index (χ0n) is 25.4. The molecule has 2 heterocycles. The van der Waals surface area contributed by atoms with Gasteiger partial charge in [-0.15, -0.1) is 0 Å². The Balaban J connectivity index is 0.000000348. The largest absolute Gasteiger partial charge is 0.481 e. The number of aliphatic hydroxyl groups is 1. The lowest BCUT2D eigenvalue weighted by Gasteiger charge is -2.25. The van der Waals surface area contributed by atoms with E-state index in [4.69, 9.17) is 15.4 Å². The quantitative estimate of drug-likeness (QED) is 0.203. The third-order valence-electron chi connectivity index (χ3n) is 6.32. The molecule has 14 heteroatoms. The van der Waals surface area contributed by atoms with Crippen LogP contribution in [0.1, 0.15) is 55.7 Å². The third-order valence-corrected chi connectivity index (χ3v) is 7.54. The summed E-state index contributed by atoms with van der Waals surface area (Å²) in [6, 6.07) is 9.76. The number of nitrogens with zero attached hydrogens (tertiary/aromatic N) is 2. The molecule has 43 heavy (non-hydrogen) atoms. The molecule has 1 fully saturated rings. The molecule has 3 rings (SSSR count). The lowest BCUT2D eigenvalue weighted by atomic mass is 10.1. The fourth-order valence-electron chi connectivity index (χ4n) is 4.46. The fraction of sp³-hybridized carbons (Fsp3) is 0.517. The molecule has 0 aliphatic carbocycles. The molecule has 1 aromatic carbocycles. The number of aryl methyl sites for hydroxylation is 3. The number of carboxylic acids is 1. The maximum Gasteiger partial charge on any atom is 0.317 e. The molecule has 13 nitrogen and oxygen atoms in total. The third kappa shape index (κ3) is 14.8. The van der Waals surface area contributed by atoms with Crippen molar-refractivity contribution in [2.75, 3.05) is 38.1 Å². The number of nitrogens with one attached hydrogen (secondary N) is 3. The molecular formula is C29H46N6O7S. The van der Waals surface area contributed by atoms with Crippen molar-refractivity contribution in [3.63, 3.8) is 0 Å². The van der Waals surface area contributed by atoms with Crippen LogP contribution in [0.25, 0.3) is 0 Å². The second-order valence-corrected chi connectivity index (χ2v) is 11.6. The highest BCUT2D eigenvalue weighted by atomic mass is 32.2. The molecule has 0 saturated carbocycles. The average Bonchev–Trinajstić information content (AvgIpc) is 3.40. The van der Waals surface area contributed by atoms with Crippen LogP contribution in [0.5, 0.6) is 0 Å². The van der Waals surface area contributed by atoms with Gasteiger partial charge in [0.15, 0.2) is 0 Å². The summed E-state index contributed by atoms with van der Waals surface area (Å²) in [5, 5.41) is 29.8. The number of sulfonamides is 1. The van der Waals surface area contributed by atoms with Gasteiger partial charge in [-0.2, -0.15) is 0 Å². The summed E-state index contributed by atoms with van der Waals surface area (Å²) in [4.78, 5) is 38.6. The number of amides is 3. The summed E-state index contributed by atoms with van der Waals surface area (Å²) in [5.41, 5.74) is 2.46.